The lowest BCUT2D eigenvalue weighted by molar-refractivity contribution is 0.279. The zero-order valence-electron chi connectivity index (χ0n) is 9.89. The average molecular weight is 244 g/mol. The first-order valence-corrected chi connectivity index (χ1v) is 6.65. The van der Waals surface area contributed by atoms with Gasteiger partial charge >= 0.3 is 0 Å². The van der Waals surface area contributed by atoms with Crippen molar-refractivity contribution in [1.29, 1.82) is 0 Å². The highest BCUT2D eigenvalue weighted by Gasteiger charge is 2.01. The van der Waals surface area contributed by atoms with Crippen LogP contribution in [0.3, 0.4) is 0 Å². The molecule has 88 valence electrons. The van der Waals surface area contributed by atoms with Crippen LogP contribution >= 0.6 is 11.8 Å². The maximum absolute atomic E-state index is 9.25. The van der Waals surface area contributed by atoms with Gasteiger partial charge in [-0.05, 0) is 24.1 Å². The van der Waals surface area contributed by atoms with E-state index in [2.05, 4.69) is 37.3 Å². The molecule has 0 aliphatic heterocycles. The number of aliphatic hydroxyl groups is 1. The molecule has 0 aliphatic carbocycles. The first-order chi connectivity index (χ1) is 8.29. The van der Waals surface area contributed by atoms with Crippen molar-refractivity contribution in [3.63, 3.8) is 0 Å². The molecule has 2 aromatic rings. The van der Waals surface area contributed by atoms with Crippen LogP contribution < -0.4 is 0 Å². The van der Waals surface area contributed by atoms with Gasteiger partial charge in [0.25, 0.3) is 0 Å². The Kier molecular flexibility index (Phi) is 4.24. The van der Waals surface area contributed by atoms with E-state index in [4.69, 9.17) is 0 Å². The molecule has 0 aromatic heterocycles. The summed E-state index contributed by atoms with van der Waals surface area (Å²) in [6.07, 6.45) is 0. The zero-order valence-corrected chi connectivity index (χ0v) is 10.7. The summed E-state index contributed by atoms with van der Waals surface area (Å²) in [7, 11) is 0. The fourth-order valence-corrected chi connectivity index (χ4v) is 2.73. The third-order valence-electron chi connectivity index (χ3n) is 2.62. The molecule has 0 aliphatic rings. The van der Waals surface area contributed by atoms with Crippen molar-refractivity contribution in [3.8, 4) is 0 Å². The van der Waals surface area contributed by atoms with Crippen LogP contribution in [0.15, 0.2) is 53.4 Å². The third-order valence-corrected chi connectivity index (χ3v) is 3.81. The highest BCUT2D eigenvalue weighted by molar-refractivity contribution is 7.98. The number of hydrogen-bond acceptors (Lipinski definition) is 2. The van der Waals surface area contributed by atoms with Crippen molar-refractivity contribution in [2.24, 2.45) is 0 Å². The van der Waals surface area contributed by atoms with Gasteiger partial charge in [0.05, 0.1) is 6.61 Å². The van der Waals surface area contributed by atoms with Gasteiger partial charge in [0.15, 0.2) is 0 Å². The SMILES string of the molecule is Cc1cccc(CSc2ccccc2CO)c1. The molecule has 0 heterocycles. The van der Waals surface area contributed by atoms with E-state index < -0.39 is 0 Å². The minimum absolute atomic E-state index is 0.108. The van der Waals surface area contributed by atoms with Crippen LogP contribution in [0.1, 0.15) is 16.7 Å². The molecular weight excluding hydrogens is 228 g/mol. The number of aliphatic hydroxyl groups excluding tert-OH is 1. The van der Waals surface area contributed by atoms with Gasteiger partial charge in [0, 0.05) is 10.6 Å². The molecule has 0 bridgehead atoms. The van der Waals surface area contributed by atoms with Crippen LogP contribution in [0, 0.1) is 6.92 Å². The maximum atomic E-state index is 9.25. The second-order valence-corrected chi connectivity index (χ2v) is 5.06. The van der Waals surface area contributed by atoms with Crippen molar-refractivity contribution in [1.82, 2.24) is 0 Å². The Labute approximate surface area is 107 Å². The van der Waals surface area contributed by atoms with E-state index in [1.165, 1.54) is 11.1 Å². The Morgan fingerprint density at radius 1 is 1.06 bits per heavy atom. The van der Waals surface area contributed by atoms with E-state index >= 15 is 0 Å². The molecule has 0 spiro atoms. The first-order valence-electron chi connectivity index (χ1n) is 5.66. The second-order valence-electron chi connectivity index (χ2n) is 4.04. The molecule has 2 rings (SSSR count). The molecule has 1 N–H and O–H groups in total. The van der Waals surface area contributed by atoms with E-state index in [1.807, 2.05) is 18.2 Å². The summed E-state index contributed by atoms with van der Waals surface area (Å²) in [5.41, 5.74) is 3.62. The lowest BCUT2D eigenvalue weighted by Gasteiger charge is -2.07. The second kappa shape index (κ2) is 5.89. The predicted molar refractivity (Wildman–Crippen MR) is 73.1 cm³/mol. The molecule has 0 unspecified atom stereocenters. The topological polar surface area (TPSA) is 20.2 Å². The van der Waals surface area contributed by atoms with Crippen LogP contribution in [0.25, 0.3) is 0 Å². The molecule has 0 amide bonds. The Hall–Kier alpha value is -1.25. The van der Waals surface area contributed by atoms with Crippen molar-refractivity contribution in [3.05, 3.63) is 65.2 Å². The summed E-state index contributed by atoms with van der Waals surface area (Å²) in [6.45, 7) is 2.22. The Balaban J connectivity index is 2.07. The lowest BCUT2D eigenvalue weighted by Crippen LogP contribution is -1.88. The normalized spacial score (nSPS) is 10.5. The van der Waals surface area contributed by atoms with Crippen molar-refractivity contribution in [2.75, 3.05) is 0 Å². The molecule has 0 saturated heterocycles. The summed E-state index contributed by atoms with van der Waals surface area (Å²) in [6, 6.07) is 16.5. The highest BCUT2D eigenvalue weighted by atomic mass is 32.2. The minimum Gasteiger partial charge on any atom is -0.392 e. The zero-order chi connectivity index (χ0) is 12.1. The van der Waals surface area contributed by atoms with Gasteiger partial charge in [-0.1, -0.05) is 48.0 Å². The number of benzene rings is 2. The monoisotopic (exact) mass is 244 g/mol. The summed E-state index contributed by atoms with van der Waals surface area (Å²) < 4.78 is 0. The maximum Gasteiger partial charge on any atom is 0.0692 e. The molecule has 0 fully saturated rings. The van der Waals surface area contributed by atoms with E-state index in [0.717, 1.165) is 16.2 Å². The molecule has 2 aromatic carbocycles. The van der Waals surface area contributed by atoms with Crippen LogP contribution in [-0.4, -0.2) is 5.11 Å². The van der Waals surface area contributed by atoms with Crippen LogP contribution in [0.4, 0.5) is 0 Å². The van der Waals surface area contributed by atoms with Crippen molar-refractivity contribution in [2.45, 2.75) is 24.2 Å². The smallest absolute Gasteiger partial charge is 0.0692 e. The number of aryl methyl sites for hydroxylation is 1. The molecule has 2 heteroatoms. The highest BCUT2D eigenvalue weighted by Crippen LogP contribution is 2.26. The summed E-state index contributed by atoms with van der Waals surface area (Å²) in [5, 5.41) is 9.25. The predicted octanol–water partition coefficient (Wildman–Crippen LogP) is 3.78. The van der Waals surface area contributed by atoms with E-state index in [1.54, 1.807) is 11.8 Å². The largest absolute Gasteiger partial charge is 0.392 e. The van der Waals surface area contributed by atoms with Gasteiger partial charge in [0.1, 0.15) is 0 Å². The number of thioether (sulfide) groups is 1. The van der Waals surface area contributed by atoms with Crippen LogP contribution in [0.2, 0.25) is 0 Å². The number of hydrogen-bond donors (Lipinski definition) is 1. The van der Waals surface area contributed by atoms with Crippen LogP contribution in [-0.2, 0) is 12.4 Å². The van der Waals surface area contributed by atoms with E-state index in [-0.39, 0.29) is 6.61 Å². The Bertz CT molecular complexity index is 494. The minimum atomic E-state index is 0.108. The van der Waals surface area contributed by atoms with Crippen molar-refractivity contribution < 1.29 is 5.11 Å². The van der Waals surface area contributed by atoms with Gasteiger partial charge in [-0.25, -0.2) is 0 Å². The third kappa shape index (κ3) is 3.35. The molecule has 0 radical (unpaired) electrons. The van der Waals surface area contributed by atoms with Gasteiger partial charge in [-0.15, -0.1) is 11.8 Å². The standard InChI is InChI=1S/C15H16OS/c1-12-5-4-6-13(9-12)11-17-15-8-3-2-7-14(15)10-16/h2-9,16H,10-11H2,1H3. The van der Waals surface area contributed by atoms with E-state index in [9.17, 15) is 5.11 Å². The fourth-order valence-electron chi connectivity index (χ4n) is 1.74. The summed E-state index contributed by atoms with van der Waals surface area (Å²) >= 11 is 1.77. The fraction of sp³-hybridized carbons (Fsp3) is 0.200. The first kappa shape index (κ1) is 12.2. The molecule has 17 heavy (non-hydrogen) atoms. The van der Waals surface area contributed by atoms with E-state index in [0.29, 0.717) is 0 Å². The van der Waals surface area contributed by atoms with Gasteiger partial charge in [0.2, 0.25) is 0 Å². The Morgan fingerprint density at radius 3 is 2.65 bits per heavy atom. The molecule has 1 nitrogen and oxygen atoms in total. The van der Waals surface area contributed by atoms with Crippen LogP contribution in [0.5, 0.6) is 0 Å². The lowest BCUT2D eigenvalue weighted by atomic mass is 10.2. The molecular formula is C15H16OS. The summed E-state index contributed by atoms with van der Waals surface area (Å²) in [5.74, 6) is 0.943. The molecule has 0 atom stereocenters. The quantitative estimate of drug-likeness (QED) is 0.826. The average Bonchev–Trinajstić information content (AvgIpc) is 2.37. The van der Waals surface area contributed by atoms with Crippen molar-refractivity contribution >= 4 is 11.8 Å². The van der Waals surface area contributed by atoms with Gasteiger partial charge in [-0.3, -0.25) is 0 Å². The van der Waals surface area contributed by atoms with Gasteiger partial charge < -0.3 is 5.11 Å². The Morgan fingerprint density at radius 2 is 1.88 bits per heavy atom. The number of rotatable bonds is 4. The summed E-state index contributed by atoms with van der Waals surface area (Å²) in [4.78, 5) is 1.16. The molecule has 0 saturated carbocycles. The van der Waals surface area contributed by atoms with Gasteiger partial charge in [-0.2, -0.15) is 0 Å².